The molecule has 0 unspecified atom stereocenters. The Labute approximate surface area is 138 Å². The zero-order valence-corrected chi connectivity index (χ0v) is 13.8. The fraction of sp³-hybridized carbons (Fsp3) is 0.562. The van der Waals surface area contributed by atoms with Crippen LogP contribution < -0.4 is 15.8 Å². The van der Waals surface area contributed by atoms with E-state index in [1.165, 1.54) is 0 Å². The molecule has 1 fully saturated rings. The monoisotopic (exact) mass is 328 g/mol. The molecule has 5 nitrogen and oxygen atoms in total. The summed E-state index contributed by atoms with van der Waals surface area (Å²) in [4.78, 5) is 12.4. The normalized spacial score (nSPS) is 15.9. The molecule has 0 aliphatic heterocycles. The quantitative estimate of drug-likeness (QED) is 0.754. The van der Waals surface area contributed by atoms with Crippen molar-refractivity contribution in [2.45, 2.75) is 25.7 Å². The van der Waals surface area contributed by atoms with Crippen LogP contribution in [0.3, 0.4) is 0 Å². The molecule has 0 bridgehead atoms. The van der Waals surface area contributed by atoms with Gasteiger partial charge in [0.2, 0.25) is 5.91 Å². The highest BCUT2D eigenvalue weighted by Crippen LogP contribution is 2.38. The zero-order valence-electron chi connectivity index (χ0n) is 13.0. The van der Waals surface area contributed by atoms with Crippen molar-refractivity contribution in [2.24, 2.45) is 11.1 Å². The molecule has 6 heteroatoms. The van der Waals surface area contributed by atoms with Gasteiger partial charge in [0.15, 0.2) is 0 Å². The fourth-order valence-corrected chi connectivity index (χ4v) is 2.72. The van der Waals surface area contributed by atoms with Gasteiger partial charge < -0.3 is 20.5 Å². The predicted molar refractivity (Wildman–Crippen MR) is 89.6 cm³/mol. The van der Waals surface area contributed by atoms with Gasteiger partial charge in [-0.3, -0.25) is 4.79 Å². The maximum absolute atomic E-state index is 12.4. The van der Waals surface area contributed by atoms with Crippen LogP contribution in [0.4, 0.5) is 5.69 Å². The van der Waals surface area contributed by atoms with E-state index in [0.29, 0.717) is 19.8 Å². The average Bonchev–Trinajstić information content (AvgIpc) is 2.99. The summed E-state index contributed by atoms with van der Waals surface area (Å²) in [5.74, 6) is 0.801. The Morgan fingerprint density at radius 1 is 1.23 bits per heavy atom. The van der Waals surface area contributed by atoms with Crippen LogP contribution in [0.1, 0.15) is 25.7 Å². The average molecular weight is 329 g/mol. The fourth-order valence-electron chi connectivity index (χ4n) is 2.72. The van der Waals surface area contributed by atoms with Crippen molar-refractivity contribution in [3.05, 3.63) is 24.3 Å². The lowest BCUT2D eigenvalue weighted by molar-refractivity contribution is -0.124. The molecule has 1 aliphatic rings. The number of hydrogen-bond donors (Lipinski definition) is 2. The lowest BCUT2D eigenvalue weighted by atomic mass is 9.85. The van der Waals surface area contributed by atoms with Crippen molar-refractivity contribution >= 4 is 24.0 Å². The van der Waals surface area contributed by atoms with E-state index in [2.05, 4.69) is 5.32 Å². The maximum atomic E-state index is 12.4. The van der Waals surface area contributed by atoms with Crippen LogP contribution in [0.15, 0.2) is 24.3 Å². The smallest absolute Gasteiger partial charge is 0.231 e. The third kappa shape index (κ3) is 4.60. The molecule has 0 heterocycles. The second-order valence-corrected chi connectivity index (χ2v) is 5.51. The molecule has 0 aromatic heterocycles. The van der Waals surface area contributed by atoms with E-state index in [4.69, 9.17) is 15.2 Å². The van der Waals surface area contributed by atoms with Crippen LogP contribution in [0.25, 0.3) is 0 Å². The molecule has 22 heavy (non-hydrogen) atoms. The van der Waals surface area contributed by atoms with Crippen molar-refractivity contribution in [3.63, 3.8) is 0 Å². The van der Waals surface area contributed by atoms with Crippen LogP contribution in [0.2, 0.25) is 0 Å². The molecule has 0 atom stereocenters. The lowest BCUT2D eigenvalue weighted by Crippen LogP contribution is -2.40. The van der Waals surface area contributed by atoms with E-state index in [-0.39, 0.29) is 23.7 Å². The summed E-state index contributed by atoms with van der Waals surface area (Å²) >= 11 is 0. The summed E-state index contributed by atoms with van der Waals surface area (Å²) < 4.78 is 10.4. The maximum Gasteiger partial charge on any atom is 0.231 e. The first-order chi connectivity index (χ1) is 10.2. The number of carbonyl (C=O) groups excluding carboxylic acids is 1. The van der Waals surface area contributed by atoms with E-state index >= 15 is 0 Å². The van der Waals surface area contributed by atoms with Gasteiger partial charge in [-0.15, -0.1) is 12.4 Å². The first-order valence-electron chi connectivity index (χ1n) is 7.43. The summed E-state index contributed by atoms with van der Waals surface area (Å²) in [7, 11) is 1.64. The van der Waals surface area contributed by atoms with Gasteiger partial charge in [-0.1, -0.05) is 12.8 Å². The Balaban J connectivity index is 0.00000242. The number of halogens is 1. The van der Waals surface area contributed by atoms with Crippen LogP contribution >= 0.6 is 12.4 Å². The number of nitrogens with two attached hydrogens (primary N) is 1. The van der Waals surface area contributed by atoms with Gasteiger partial charge in [-0.25, -0.2) is 0 Å². The molecule has 1 amide bonds. The van der Waals surface area contributed by atoms with Gasteiger partial charge in [0.25, 0.3) is 0 Å². The summed E-state index contributed by atoms with van der Waals surface area (Å²) in [6.07, 6.45) is 3.93. The van der Waals surface area contributed by atoms with E-state index in [0.717, 1.165) is 37.1 Å². The third-order valence-electron chi connectivity index (χ3n) is 4.10. The number of rotatable bonds is 7. The molecule has 1 aromatic carbocycles. The molecule has 1 aliphatic carbocycles. The van der Waals surface area contributed by atoms with Crippen molar-refractivity contribution in [3.8, 4) is 5.75 Å². The molecule has 0 saturated heterocycles. The predicted octanol–water partition coefficient (Wildman–Crippen LogP) is 2.59. The molecule has 2 rings (SSSR count). The Morgan fingerprint density at radius 2 is 1.86 bits per heavy atom. The zero-order chi connectivity index (χ0) is 15.1. The Bertz CT molecular complexity index is 459. The van der Waals surface area contributed by atoms with Crippen LogP contribution in [0, 0.1) is 5.41 Å². The summed E-state index contributed by atoms with van der Waals surface area (Å²) in [5.41, 5.74) is 6.22. The van der Waals surface area contributed by atoms with Crippen molar-refractivity contribution in [2.75, 3.05) is 32.2 Å². The highest BCUT2D eigenvalue weighted by molar-refractivity contribution is 5.95. The van der Waals surface area contributed by atoms with E-state index < -0.39 is 0 Å². The molecule has 124 valence electrons. The molecule has 0 spiro atoms. The Kier molecular flexibility index (Phi) is 7.65. The number of ether oxygens (including phenoxy) is 2. The number of nitrogens with one attached hydrogen (secondary N) is 1. The van der Waals surface area contributed by atoms with E-state index in [1.807, 2.05) is 24.3 Å². The van der Waals surface area contributed by atoms with Crippen molar-refractivity contribution in [1.29, 1.82) is 0 Å². The topological polar surface area (TPSA) is 73.6 Å². The number of hydrogen-bond acceptors (Lipinski definition) is 4. The van der Waals surface area contributed by atoms with Crippen LogP contribution in [-0.4, -0.2) is 32.8 Å². The summed E-state index contributed by atoms with van der Waals surface area (Å²) in [5, 5.41) is 2.97. The van der Waals surface area contributed by atoms with E-state index in [1.54, 1.807) is 7.11 Å². The molecule has 1 aromatic rings. The number of methoxy groups -OCH3 is 1. The Hall–Kier alpha value is -1.30. The summed E-state index contributed by atoms with van der Waals surface area (Å²) in [6.45, 7) is 1.48. The van der Waals surface area contributed by atoms with Gasteiger partial charge in [-0.2, -0.15) is 0 Å². The molecule has 3 N–H and O–H groups in total. The number of benzene rings is 1. The van der Waals surface area contributed by atoms with Gasteiger partial charge in [0.1, 0.15) is 12.4 Å². The third-order valence-corrected chi connectivity index (χ3v) is 4.10. The minimum Gasteiger partial charge on any atom is -0.491 e. The first-order valence-corrected chi connectivity index (χ1v) is 7.43. The minimum atomic E-state index is -0.381. The van der Waals surface area contributed by atoms with Crippen molar-refractivity contribution < 1.29 is 14.3 Å². The van der Waals surface area contributed by atoms with Crippen molar-refractivity contribution in [1.82, 2.24) is 0 Å². The molecular weight excluding hydrogens is 304 g/mol. The Morgan fingerprint density at radius 3 is 2.41 bits per heavy atom. The highest BCUT2D eigenvalue weighted by atomic mass is 35.5. The largest absolute Gasteiger partial charge is 0.491 e. The van der Waals surface area contributed by atoms with Gasteiger partial charge in [-0.05, 0) is 37.1 Å². The van der Waals surface area contributed by atoms with Gasteiger partial charge >= 0.3 is 0 Å². The second kappa shape index (κ2) is 8.98. The lowest BCUT2D eigenvalue weighted by Gasteiger charge is -2.25. The second-order valence-electron chi connectivity index (χ2n) is 5.51. The molecule has 0 radical (unpaired) electrons. The van der Waals surface area contributed by atoms with Crippen LogP contribution in [0.5, 0.6) is 5.75 Å². The first kappa shape index (κ1) is 18.7. The van der Waals surface area contributed by atoms with Crippen LogP contribution in [-0.2, 0) is 9.53 Å². The molecule has 1 saturated carbocycles. The number of amides is 1. The van der Waals surface area contributed by atoms with Gasteiger partial charge in [0, 0.05) is 19.3 Å². The summed E-state index contributed by atoms with van der Waals surface area (Å²) in [6, 6.07) is 7.38. The molecular formula is C16H25ClN2O3. The number of carbonyl (C=O) groups is 1. The highest BCUT2D eigenvalue weighted by Gasteiger charge is 2.39. The number of anilines is 1. The minimum absolute atomic E-state index is 0. The standard InChI is InChI=1S/C16H24N2O3.ClH/c1-20-10-11-21-14-6-4-13(5-7-14)18-15(19)16(12-17)8-2-3-9-16;/h4-7H,2-3,8-12,17H2,1H3,(H,18,19);1H. The van der Waals surface area contributed by atoms with E-state index in [9.17, 15) is 4.79 Å². The van der Waals surface area contributed by atoms with Gasteiger partial charge in [0.05, 0.1) is 12.0 Å². The SMILES string of the molecule is COCCOc1ccc(NC(=O)C2(CN)CCCC2)cc1.Cl.